The minimum atomic E-state index is -4.25. The summed E-state index contributed by atoms with van der Waals surface area (Å²) >= 11 is 0. The third-order valence-corrected chi connectivity index (χ3v) is 5.06. The third-order valence-electron chi connectivity index (χ3n) is 5.06. The van der Waals surface area contributed by atoms with Crippen molar-refractivity contribution in [3.05, 3.63) is 11.4 Å². The lowest BCUT2D eigenvalue weighted by molar-refractivity contribution is -0.189. The summed E-state index contributed by atoms with van der Waals surface area (Å²) in [5.41, 5.74) is 0. The van der Waals surface area contributed by atoms with Crippen LogP contribution in [0.2, 0.25) is 0 Å². The fourth-order valence-corrected chi connectivity index (χ4v) is 3.84. The standard InChI is InChI=1S/C15H19F3N2/c1-20-14-7-6-12(8-13(14)15(16,17)18)11-4-2-10(9-19)3-5-11/h10-14H,2-8H2. The Labute approximate surface area is 117 Å². The highest BCUT2D eigenvalue weighted by atomic mass is 19.4. The lowest BCUT2D eigenvalue weighted by atomic mass is 9.67. The number of hydrogen-bond donors (Lipinski definition) is 0. The highest BCUT2D eigenvalue weighted by Gasteiger charge is 2.52. The summed E-state index contributed by atoms with van der Waals surface area (Å²) in [6.45, 7) is 6.96. The molecule has 0 N–H and O–H groups in total. The van der Waals surface area contributed by atoms with Crippen molar-refractivity contribution in [2.45, 2.75) is 57.2 Å². The van der Waals surface area contributed by atoms with Gasteiger partial charge in [-0.05, 0) is 50.4 Å². The van der Waals surface area contributed by atoms with Gasteiger partial charge in [-0.25, -0.2) is 6.57 Å². The lowest BCUT2D eigenvalue weighted by Crippen LogP contribution is -2.40. The Hall–Kier alpha value is -1.23. The molecule has 0 heterocycles. The van der Waals surface area contributed by atoms with Gasteiger partial charge in [-0.3, -0.25) is 0 Å². The highest BCUT2D eigenvalue weighted by Crippen LogP contribution is 2.46. The van der Waals surface area contributed by atoms with Gasteiger partial charge in [0.1, 0.15) is 5.92 Å². The second kappa shape index (κ2) is 6.04. The molecule has 0 aliphatic heterocycles. The molecule has 110 valence electrons. The van der Waals surface area contributed by atoms with Crippen LogP contribution in [0.15, 0.2) is 0 Å². The van der Waals surface area contributed by atoms with E-state index in [9.17, 15) is 13.2 Å². The van der Waals surface area contributed by atoms with Gasteiger partial charge in [0.25, 0.3) is 0 Å². The van der Waals surface area contributed by atoms with Crippen molar-refractivity contribution >= 4 is 0 Å². The van der Waals surface area contributed by atoms with E-state index in [4.69, 9.17) is 11.8 Å². The van der Waals surface area contributed by atoms with E-state index in [0.717, 1.165) is 32.1 Å². The molecule has 0 saturated heterocycles. The topological polar surface area (TPSA) is 28.1 Å². The van der Waals surface area contributed by atoms with Crippen LogP contribution in [-0.4, -0.2) is 12.2 Å². The third kappa shape index (κ3) is 3.26. The van der Waals surface area contributed by atoms with Crippen LogP contribution >= 0.6 is 0 Å². The maximum Gasteiger partial charge on any atom is 0.399 e. The van der Waals surface area contributed by atoms with E-state index in [2.05, 4.69) is 10.9 Å². The van der Waals surface area contributed by atoms with Gasteiger partial charge in [0.15, 0.2) is 0 Å². The number of halogens is 3. The van der Waals surface area contributed by atoms with Crippen LogP contribution in [0.1, 0.15) is 44.9 Å². The van der Waals surface area contributed by atoms with Crippen LogP contribution in [0.4, 0.5) is 13.2 Å². The number of rotatable bonds is 1. The highest BCUT2D eigenvalue weighted by molar-refractivity contribution is 4.97. The number of nitrogens with zero attached hydrogens (tertiary/aromatic N) is 2. The Morgan fingerprint density at radius 2 is 1.60 bits per heavy atom. The number of alkyl halides is 3. The molecular weight excluding hydrogens is 265 g/mol. The van der Waals surface area contributed by atoms with Gasteiger partial charge in [0, 0.05) is 12.3 Å². The zero-order valence-corrected chi connectivity index (χ0v) is 11.4. The molecule has 2 aliphatic carbocycles. The molecule has 5 heteroatoms. The normalized spacial score (nSPS) is 38.8. The monoisotopic (exact) mass is 284 g/mol. The summed E-state index contributed by atoms with van der Waals surface area (Å²) in [6, 6.07) is 1.37. The van der Waals surface area contributed by atoms with E-state index in [-0.39, 0.29) is 18.3 Å². The first kappa shape index (κ1) is 15.2. The van der Waals surface area contributed by atoms with Crippen molar-refractivity contribution in [3.8, 4) is 6.07 Å². The van der Waals surface area contributed by atoms with E-state index in [1.807, 2.05) is 0 Å². The van der Waals surface area contributed by atoms with Crippen molar-refractivity contribution in [1.82, 2.24) is 0 Å². The van der Waals surface area contributed by atoms with Crippen molar-refractivity contribution < 1.29 is 13.2 Å². The van der Waals surface area contributed by atoms with Crippen LogP contribution in [0.5, 0.6) is 0 Å². The summed E-state index contributed by atoms with van der Waals surface area (Å²) in [5.74, 6) is -0.966. The molecule has 2 saturated carbocycles. The Bertz CT molecular complexity index is 410. The van der Waals surface area contributed by atoms with Gasteiger partial charge >= 0.3 is 6.18 Å². The van der Waals surface area contributed by atoms with Gasteiger partial charge in [0.05, 0.1) is 6.07 Å². The maximum absolute atomic E-state index is 13.0. The molecule has 0 spiro atoms. The Kier molecular flexibility index (Phi) is 4.58. The number of nitriles is 1. The van der Waals surface area contributed by atoms with E-state index in [1.54, 1.807) is 0 Å². The largest absolute Gasteiger partial charge is 0.399 e. The van der Waals surface area contributed by atoms with E-state index in [1.165, 1.54) is 0 Å². The SMILES string of the molecule is [C-]#[N+]C1CCC(C2CCC(C#N)CC2)CC1C(F)(F)F. The molecule has 0 aromatic rings. The molecule has 2 aliphatic rings. The van der Waals surface area contributed by atoms with E-state index >= 15 is 0 Å². The zero-order valence-electron chi connectivity index (χ0n) is 11.4. The lowest BCUT2D eigenvalue weighted by Gasteiger charge is -2.38. The molecule has 3 atom stereocenters. The Morgan fingerprint density at radius 1 is 1.00 bits per heavy atom. The predicted molar refractivity (Wildman–Crippen MR) is 68.3 cm³/mol. The minimum Gasteiger partial charge on any atom is -0.313 e. The quantitative estimate of drug-likeness (QED) is 0.648. The van der Waals surface area contributed by atoms with Crippen molar-refractivity contribution in [2.75, 3.05) is 0 Å². The fourth-order valence-electron chi connectivity index (χ4n) is 3.84. The average molecular weight is 284 g/mol. The smallest absolute Gasteiger partial charge is 0.313 e. The van der Waals surface area contributed by atoms with Gasteiger partial charge in [-0.1, -0.05) is 0 Å². The minimum absolute atomic E-state index is 0.0827. The Balaban J connectivity index is 1.98. The van der Waals surface area contributed by atoms with Crippen LogP contribution in [0.3, 0.4) is 0 Å². The first-order valence-electron chi connectivity index (χ1n) is 7.28. The van der Waals surface area contributed by atoms with E-state index in [0.29, 0.717) is 12.3 Å². The molecule has 2 nitrogen and oxygen atoms in total. The molecule has 0 aromatic heterocycles. The molecule has 0 amide bonds. The molecule has 2 fully saturated rings. The first-order valence-corrected chi connectivity index (χ1v) is 7.28. The Morgan fingerprint density at radius 3 is 2.10 bits per heavy atom. The average Bonchev–Trinajstić information content (AvgIpc) is 2.46. The summed E-state index contributed by atoms with van der Waals surface area (Å²) in [4.78, 5) is 3.19. The maximum atomic E-state index is 13.0. The van der Waals surface area contributed by atoms with Crippen LogP contribution in [0, 0.1) is 41.6 Å². The van der Waals surface area contributed by atoms with Crippen LogP contribution in [-0.2, 0) is 0 Å². The van der Waals surface area contributed by atoms with Crippen LogP contribution in [0.25, 0.3) is 4.85 Å². The molecule has 0 radical (unpaired) electrons. The van der Waals surface area contributed by atoms with Crippen LogP contribution < -0.4 is 0 Å². The summed E-state index contributed by atoms with van der Waals surface area (Å²) in [5, 5.41) is 8.87. The zero-order chi connectivity index (χ0) is 14.8. The fraction of sp³-hybridized carbons (Fsp3) is 0.867. The van der Waals surface area contributed by atoms with Gasteiger partial charge in [-0.15, -0.1) is 0 Å². The molecule has 3 unspecified atom stereocenters. The first-order chi connectivity index (χ1) is 9.45. The molecular formula is C15H19F3N2. The van der Waals surface area contributed by atoms with Crippen molar-refractivity contribution in [1.29, 1.82) is 5.26 Å². The molecule has 2 rings (SSSR count). The van der Waals surface area contributed by atoms with E-state index < -0.39 is 18.1 Å². The summed E-state index contributed by atoms with van der Waals surface area (Å²) < 4.78 is 39.1. The summed E-state index contributed by atoms with van der Waals surface area (Å²) in [7, 11) is 0. The van der Waals surface area contributed by atoms with Gasteiger partial charge in [-0.2, -0.15) is 18.4 Å². The molecule has 0 bridgehead atoms. The van der Waals surface area contributed by atoms with Gasteiger partial charge in [0.2, 0.25) is 6.04 Å². The predicted octanol–water partition coefficient (Wildman–Crippen LogP) is 4.58. The molecule has 0 aromatic carbocycles. The second-order valence-corrected chi connectivity index (χ2v) is 6.16. The second-order valence-electron chi connectivity index (χ2n) is 6.16. The van der Waals surface area contributed by atoms with Crippen molar-refractivity contribution in [2.24, 2.45) is 23.7 Å². The molecule has 20 heavy (non-hydrogen) atoms. The van der Waals surface area contributed by atoms with Crippen molar-refractivity contribution in [3.63, 3.8) is 0 Å². The number of hydrogen-bond acceptors (Lipinski definition) is 1. The van der Waals surface area contributed by atoms with Gasteiger partial charge < -0.3 is 4.85 Å². The summed E-state index contributed by atoms with van der Waals surface area (Å²) in [6.07, 6.45) is 0.349.